The maximum absolute atomic E-state index is 13.6. The number of fused-ring (bicyclic) bond motifs is 2. The Morgan fingerprint density at radius 2 is 1.50 bits per heavy atom. The minimum Gasteiger partial charge on any atom is -0.508 e. The Balaban J connectivity index is 0.825. The molecule has 3 atom stereocenters. The van der Waals surface area contributed by atoms with Gasteiger partial charge in [0, 0.05) is 82.5 Å². The number of aryl methyl sites for hydroxylation is 1. The van der Waals surface area contributed by atoms with Crippen LogP contribution in [0.15, 0.2) is 84.9 Å². The number of anilines is 1. The second-order valence-corrected chi connectivity index (χ2v) is 18.4. The molecular formula is C52H63N5O5. The van der Waals surface area contributed by atoms with Crippen molar-refractivity contribution in [3.05, 3.63) is 129 Å². The van der Waals surface area contributed by atoms with Gasteiger partial charge in [-0.05, 0) is 146 Å². The quantitative estimate of drug-likeness (QED) is 0.124. The van der Waals surface area contributed by atoms with Gasteiger partial charge in [-0.25, -0.2) is 0 Å². The number of phenols is 1. The van der Waals surface area contributed by atoms with Gasteiger partial charge in [0.05, 0.1) is 5.56 Å². The van der Waals surface area contributed by atoms with Gasteiger partial charge in [-0.2, -0.15) is 0 Å². The normalized spacial score (nSPS) is 22.1. The standard InChI is InChI=1S/C52H63N5O5/c1-53-51(61)49(10-7-27-58)55(3)52(62)48-30-40-33-56(32-39(40)28-41(48)34-59)31-35-11-16-42(17-12-35)54(2)43-23-25-57(26-24-43)44-18-13-37(14-19-44)50-46(36-8-5-4-6-9-36)21-15-38-29-45(60)20-22-47(38)50/h4-6,8-9,13-14,18-20,22,27-30,34-35,42-43,46,49-50,60H,7,10-12,15-17,21,23-26,31-33H2,1-3H3,(H,53,61)/t35?,42?,46-,49?,50+/m1/s1. The lowest BCUT2D eigenvalue weighted by molar-refractivity contribution is -0.125. The van der Waals surface area contributed by atoms with Gasteiger partial charge in [-0.3, -0.25) is 19.3 Å². The van der Waals surface area contributed by atoms with E-state index < -0.39 is 11.9 Å². The number of hydrogen-bond donors (Lipinski definition) is 2. The third kappa shape index (κ3) is 9.23. The van der Waals surface area contributed by atoms with E-state index in [0.717, 1.165) is 82.1 Å². The Kier molecular flexibility index (Phi) is 13.5. The number of aldehydes is 2. The molecule has 326 valence electrons. The second-order valence-electron chi connectivity index (χ2n) is 18.4. The maximum Gasteiger partial charge on any atom is 0.255 e. The van der Waals surface area contributed by atoms with Gasteiger partial charge < -0.3 is 29.9 Å². The number of rotatable bonds is 14. The lowest BCUT2D eigenvalue weighted by Gasteiger charge is -2.43. The van der Waals surface area contributed by atoms with E-state index in [1.165, 1.54) is 65.6 Å². The highest BCUT2D eigenvalue weighted by Crippen LogP contribution is 2.47. The van der Waals surface area contributed by atoms with Crippen LogP contribution >= 0.6 is 0 Å². The third-order valence-electron chi connectivity index (χ3n) is 14.8. The Labute approximate surface area is 367 Å². The highest BCUT2D eigenvalue weighted by Gasteiger charge is 2.35. The fraction of sp³-hybridized carbons (Fsp3) is 0.462. The molecule has 0 bridgehead atoms. The lowest BCUT2D eigenvalue weighted by atomic mass is 9.69. The Bertz CT molecular complexity index is 2210. The molecule has 0 spiro atoms. The maximum atomic E-state index is 13.6. The molecule has 2 heterocycles. The topological polar surface area (TPSA) is 114 Å². The number of aromatic hydroxyl groups is 1. The molecule has 2 fully saturated rings. The highest BCUT2D eigenvalue weighted by molar-refractivity contribution is 6.03. The molecule has 0 radical (unpaired) electrons. The van der Waals surface area contributed by atoms with Crippen LogP contribution in [0.4, 0.5) is 5.69 Å². The van der Waals surface area contributed by atoms with Gasteiger partial charge in [0.25, 0.3) is 5.91 Å². The molecule has 10 heteroatoms. The van der Waals surface area contributed by atoms with Crippen LogP contribution in [0.2, 0.25) is 0 Å². The Morgan fingerprint density at radius 1 is 0.806 bits per heavy atom. The summed E-state index contributed by atoms with van der Waals surface area (Å²) in [6, 6.07) is 30.3. The Morgan fingerprint density at radius 3 is 2.18 bits per heavy atom. The lowest BCUT2D eigenvalue weighted by Crippen LogP contribution is -2.48. The number of piperidine rings is 1. The average molecular weight is 838 g/mol. The molecule has 4 aliphatic rings. The predicted octanol–water partition coefficient (Wildman–Crippen LogP) is 7.71. The molecule has 2 N–H and O–H groups in total. The fourth-order valence-corrected chi connectivity index (χ4v) is 11.3. The molecular weight excluding hydrogens is 775 g/mol. The van der Waals surface area contributed by atoms with E-state index in [4.69, 9.17) is 0 Å². The SMILES string of the molecule is CNC(=O)C(CCC=O)N(C)C(=O)c1cc2c(cc1C=O)CN(CC1CCC(N(C)C3CCN(c4ccc([C@@H]5c6ccc(O)cc6CC[C@@H]5c5ccccc5)cc4)CC3)CC1)C2. The number of amides is 2. The van der Waals surface area contributed by atoms with E-state index >= 15 is 0 Å². The van der Waals surface area contributed by atoms with Crippen LogP contribution in [-0.2, 0) is 29.1 Å². The highest BCUT2D eigenvalue weighted by atomic mass is 16.3. The molecule has 4 aromatic carbocycles. The van der Waals surface area contributed by atoms with E-state index in [0.29, 0.717) is 40.8 Å². The van der Waals surface area contributed by atoms with Crippen LogP contribution in [0.25, 0.3) is 0 Å². The van der Waals surface area contributed by atoms with Crippen molar-refractivity contribution in [1.82, 2.24) is 20.0 Å². The van der Waals surface area contributed by atoms with Gasteiger partial charge in [-0.15, -0.1) is 0 Å². The molecule has 8 rings (SSSR count). The van der Waals surface area contributed by atoms with Crippen molar-refractivity contribution in [2.24, 2.45) is 5.92 Å². The number of hydrogen-bond acceptors (Lipinski definition) is 8. The first-order valence-electron chi connectivity index (χ1n) is 22.8. The first kappa shape index (κ1) is 43.3. The molecule has 2 aliphatic carbocycles. The molecule has 1 saturated heterocycles. The summed E-state index contributed by atoms with van der Waals surface area (Å²) in [7, 11) is 5.42. The summed E-state index contributed by atoms with van der Waals surface area (Å²) in [5, 5.41) is 12.9. The zero-order valence-corrected chi connectivity index (χ0v) is 36.7. The molecule has 62 heavy (non-hydrogen) atoms. The first-order valence-corrected chi connectivity index (χ1v) is 22.8. The molecule has 0 aromatic heterocycles. The number of carbonyl (C=O) groups is 4. The third-order valence-corrected chi connectivity index (χ3v) is 14.8. The largest absolute Gasteiger partial charge is 0.508 e. The van der Waals surface area contributed by atoms with Gasteiger partial charge >= 0.3 is 0 Å². The van der Waals surface area contributed by atoms with Crippen molar-refractivity contribution in [1.29, 1.82) is 0 Å². The van der Waals surface area contributed by atoms with E-state index in [-0.39, 0.29) is 24.7 Å². The number of nitrogens with one attached hydrogen (secondary N) is 1. The Hall–Kier alpha value is -5.32. The number of likely N-dealkylation sites (N-methyl/N-ethyl adjacent to an activating group) is 2. The molecule has 1 unspecified atom stereocenters. The van der Waals surface area contributed by atoms with Crippen LogP contribution < -0.4 is 10.2 Å². The predicted molar refractivity (Wildman–Crippen MR) is 244 cm³/mol. The van der Waals surface area contributed by atoms with E-state index in [9.17, 15) is 24.3 Å². The monoisotopic (exact) mass is 837 g/mol. The van der Waals surface area contributed by atoms with Crippen LogP contribution in [0, 0.1) is 5.92 Å². The van der Waals surface area contributed by atoms with Crippen LogP contribution in [0.5, 0.6) is 5.75 Å². The van der Waals surface area contributed by atoms with Crippen molar-refractivity contribution in [2.45, 2.75) is 107 Å². The van der Waals surface area contributed by atoms with Crippen molar-refractivity contribution in [3.8, 4) is 5.75 Å². The first-order chi connectivity index (χ1) is 30.1. The van der Waals surface area contributed by atoms with Gasteiger partial charge in [-0.1, -0.05) is 48.5 Å². The van der Waals surface area contributed by atoms with Gasteiger partial charge in [0.2, 0.25) is 5.91 Å². The fourth-order valence-electron chi connectivity index (χ4n) is 11.3. The summed E-state index contributed by atoms with van der Waals surface area (Å²) in [4.78, 5) is 58.5. The van der Waals surface area contributed by atoms with Crippen molar-refractivity contribution < 1.29 is 24.3 Å². The smallest absolute Gasteiger partial charge is 0.255 e. The number of phenolic OH excluding ortho intramolecular Hbond substituents is 1. The van der Waals surface area contributed by atoms with Crippen LogP contribution in [-0.4, -0.2) is 103 Å². The summed E-state index contributed by atoms with van der Waals surface area (Å²) >= 11 is 0. The van der Waals surface area contributed by atoms with Gasteiger partial charge in [0.1, 0.15) is 18.1 Å². The summed E-state index contributed by atoms with van der Waals surface area (Å²) in [6.45, 7) is 4.60. The zero-order chi connectivity index (χ0) is 43.3. The summed E-state index contributed by atoms with van der Waals surface area (Å²) < 4.78 is 0. The molecule has 2 amide bonds. The number of nitrogens with zero attached hydrogens (tertiary/aromatic N) is 4. The van der Waals surface area contributed by atoms with Gasteiger partial charge in [0.15, 0.2) is 6.29 Å². The van der Waals surface area contributed by atoms with Crippen LogP contribution in [0.1, 0.15) is 124 Å². The van der Waals surface area contributed by atoms with Crippen molar-refractivity contribution >= 4 is 30.1 Å². The summed E-state index contributed by atoms with van der Waals surface area (Å²) in [6.07, 6.45) is 11.0. The van der Waals surface area contributed by atoms with Crippen molar-refractivity contribution in [2.75, 3.05) is 45.7 Å². The number of carbonyl (C=O) groups excluding carboxylic acids is 4. The van der Waals surface area contributed by atoms with Crippen molar-refractivity contribution in [3.63, 3.8) is 0 Å². The van der Waals surface area contributed by atoms with E-state index in [2.05, 4.69) is 87.7 Å². The van der Waals surface area contributed by atoms with E-state index in [1.54, 1.807) is 7.05 Å². The second kappa shape index (κ2) is 19.4. The summed E-state index contributed by atoms with van der Waals surface area (Å²) in [5.74, 6) is 0.882. The van der Waals surface area contributed by atoms with E-state index in [1.807, 2.05) is 24.3 Å². The minimum absolute atomic E-state index is 0.159. The molecule has 4 aromatic rings. The zero-order valence-electron chi connectivity index (χ0n) is 36.7. The molecule has 10 nitrogen and oxygen atoms in total. The minimum atomic E-state index is -0.800. The number of benzene rings is 4. The molecule has 1 saturated carbocycles. The van der Waals surface area contributed by atoms with Crippen LogP contribution in [0.3, 0.4) is 0 Å². The average Bonchev–Trinajstić information content (AvgIpc) is 3.71. The molecule has 2 aliphatic heterocycles. The summed E-state index contributed by atoms with van der Waals surface area (Å²) in [5.41, 5.74) is 9.40.